The Kier molecular flexibility index (Phi) is 5.67. The maximum atomic E-state index is 12.9. The predicted octanol–water partition coefficient (Wildman–Crippen LogP) is 5.25. The second kappa shape index (κ2) is 8.37. The molecule has 1 heterocycles. The first-order valence-corrected chi connectivity index (χ1v) is 9.94. The second-order valence-electron chi connectivity index (χ2n) is 6.95. The van der Waals surface area contributed by atoms with Gasteiger partial charge in [0.1, 0.15) is 0 Å². The van der Waals surface area contributed by atoms with Crippen LogP contribution in [0.1, 0.15) is 31.8 Å². The SMILES string of the molecule is O=C1c2cc(Cl)c(Cl)cc2C(=O)N1CN(Cc1ccccc1)Cc1ccccc1. The van der Waals surface area contributed by atoms with Gasteiger partial charge in [-0.05, 0) is 23.3 Å². The highest BCUT2D eigenvalue weighted by Crippen LogP contribution is 2.31. The first-order chi connectivity index (χ1) is 14.0. The number of halogens is 2. The summed E-state index contributed by atoms with van der Waals surface area (Å²) in [5.41, 5.74) is 2.80. The fraction of sp³-hybridized carbons (Fsp3) is 0.130. The van der Waals surface area contributed by atoms with E-state index in [2.05, 4.69) is 4.90 Å². The molecule has 1 aliphatic rings. The summed E-state index contributed by atoms with van der Waals surface area (Å²) in [6, 6.07) is 22.9. The molecule has 1 aliphatic heterocycles. The van der Waals surface area contributed by atoms with Crippen LogP contribution in [0, 0.1) is 0 Å². The van der Waals surface area contributed by atoms with Crippen molar-refractivity contribution in [3.8, 4) is 0 Å². The standard InChI is InChI=1S/C23H18Cl2N2O2/c24-20-11-18-19(12-21(20)25)23(29)27(22(18)28)15-26(13-16-7-3-1-4-8-16)14-17-9-5-2-6-10-17/h1-12H,13-15H2. The van der Waals surface area contributed by atoms with Gasteiger partial charge in [-0.1, -0.05) is 83.9 Å². The number of rotatable bonds is 6. The zero-order valence-electron chi connectivity index (χ0n) is 15.5. The van der Waals surface area contributed by atoms with Gasteiger partial charge in [-0.15, -0.1) is 0 Å². The average Bonchev–Trinajstić information content (AvgIpc) is 2.94. The van der Waals surface area contributed by atoms with Crippen LogP contribution in [0.3, 0.4) is 0 Å². The molecule has 0 aromatic heterocycles. The molecule has 0 radical (unpaired) electrons. The number of hydrogen-bond acceptors (Lipinski definition) is 3. The fourth-order valence-corrected chi connectivity index (χ4v) is 3.78. The maximum Gasteiger partial charge on any atom is 0.262 e. The molecule has 0 N–H and O–H groups in total. The highest BCUT2D eigenvalue weighted by molar-refractivity contribution is 6.43. The Bertz CT molecular complexity index is 973. The Hall–Kier alpha value is -2.66. The minimum Gasteiger partial charge on any atom is -0.277 e. The molecule has 29 heavy (non-hydrogen) atoms. The van der Waals surface area contributed by atoms with Gasteiger partial charge >= 0.3 is 0 Å². The van der Waals surface area contributed by atoms with Crippen molar-refractivity contribution in [3.63, 3.8) is 0 Å². The zero-order chi connectivity index (χ0) is 20.4. The summed E-state index contributed by atoms with van der Waals surface area (Å²) < 4.78 is 0. The van der Waals surface area contributed by atoms with E-state index < -0.39 is 0 Å². The maximum absolute atomic E-state index is 12.9. The number of nitrogens with zero attached hydrogens (tertiary/aromatic N) is 2. The zero-order valence-corrected chi connectivity index (χ0v) is 17.0. The normalized spacial score (nSPS) is 13.3. The summed E-state index contributed by atoms with van der Waals surface area (Å²) in [6.07, 6.45) is 0. The first kappa shape index (κ1) is 19.6. The van der Waals surface area contributed by atoms with E-state index >= 15 is 0 Å². The molecule has 4 rings (SSSR count). The third-order valence-corrected chi connectivity index (χ3v) is 5.57. The largest absolute Gasteiger partial charge is 0.277 e. The summed E-state index contributed by atoms with van der Waals surface area (Å²) in [6.45, 7) is 1.38. The summed E-state index contributed by atoms with van der Waals surface area (Å²) >= 11 is 12.1. The summed E-state index contributed by atoms with van der Waals surface area (Å²) in [5.74, 6) is -0.704. The molecule has 0 fully saturated rings. The lowest BCUT2D eigenvalue weighted by atomic mass is 10.1. The van der Waals surface area contributed by atoms with Crippen molar-refractivity contribution in [3.05, 3.63) is 105 Å². The summed E-state index contributed by atoms with van der Waals surface area (Å²) in [5, 5.41) is 0.526. The van der Waals surface area contributed by atoms with Gasteiger partial charge in [0, 0.05) is 13.1 Å². The lowest BCUT2D eigenvalue weighted by Gasteiger charge is -2.27. The topological polar surface area (TPSA) is 40.6 Å². The lowest BCUT2D eigenvalue weighted by molar-refractivity contribution is 0.0521. The third-order valence-electron chi connectivity index (χ3n) is 4.85. The molecule has 0 saturated carbocycles. The van der Waals surface area contributed by atoms with Gasteiger partial charge in [-0.3, -0.25) is 19.4 Å². The van der Waals surface area contributed by atoms with Crippen molar-refractivity contribution in [2.45, 2.75) is 13.1 Å². The number of benzene rings is 3. The molecule has 0 atom stereocenters. The Morgan fingerprint density at radius 2 is 1.10 bits per heavy atom. The number of fused-ring (bicyclic) bond motifs is 1. The van der Waals surface area contributed by atoms with Gasteiger partial charge < -0.3 is 0 Å². The smallest absolute Gasteiger partial charge is 0.262 e. The van der Waals surface area contributed by atoms with Crippen molar-refractivity contribution >= 4 is 35.0 Å². The van der Waals surface area contributed by atoms with E-state index in [-0.39, 0.29) is 28.5 Å². The van der Waals surface area contributed by atoms with Crippen molar-refractivity contribution in [1.82, 2.24) is 9.80 Å². The van der Waals surface area contributed by atoms with Crippen LogP contribution >= 0.6 is 23.2 Å². The van der Waals surface area contributed by atoms with Crippen LogP contribution in [-0.4, -0.2) is 28.3 Å². The fourth-order valence-electron chi connectivity index (χ4n) is 3.45. The van der Waals surface area contributed by atoms with E-state index in [1.807, 2.05) is 60.7 Å². The van der Waals surface area contributed by atoms with E-state index in [0.29, 0.717) is 24.2 Å². The molecule has 4 nitrogen and oxygen atoms in total. The number of carbonyl (C=O) groups excluding carboxylic acids is 2. The molecule has 0 unspecified atom stereocenters. The lowest BCUT2D eigenvalue weighted by Crippen LogP contribution is -2.40. The van der Waals surface area contributed by atoms with Gasteiger partial charge in [0.15, 0.2) is 0 Å². The molecule has 3 aromatic rings. The van der Waals surface area contributed by atoms with Crippen LogP contribution in [0.2, 0.25) is 10.0 Å². The highest BCUT2D eigenvalue weighted by Gasteiger charge is 2.37. The third kappa shape index (κ3) is 4.20. The van der Waals surface area contributed by atoms with Crippen LogP contribution in [0.5, 0.6) is 0 Å². The van der Waals surface area contributed by atoms with Crippen LogP contribution in [0.25, 0.3) is 0 Å². The van der Waals surface area contributed by atoms with Crippen LogP contribution in [-0.2, 0) is 13.1 Å². The average molecular weight is 425 g/mol. The Morgan fingerprint density at radius 3 is 1.52 bits per heavy atom. The van der Waals surface area contributed by atoms with E-state index in [0.717, 1.165) is 11.1 Å². The van der Waals surface area contributed by atoms with E-state index in [4.69, 9.17) is 23.2 Å². The Morgan fingerprint density at radius 1 is 0.690 bits per heavy atom. The van der Waals surface area contributed by atoms with Crippen molar-refractivity contribution in [2.75, 3.05) is 6.67 Å². The molecule has 0 bridgehead atoms. The molecular weight excluding hydrogens is 407 g/mol. The molecule has 0 saturated heterocycles. The van der Waals surface area contributed by atoms with Crippen LogP contribution in [0.4, 0.5) is 0 Å². The van der Waals surface area contributed by atoms with Gasteiger partial charge in [-0.25, -0.2) is 0 Å². The molecule has 0 spiro atoms. The monoisotopic (exact) mass is 424 g/mol. The van der Waals surface area contributed by atoms with E-state index in [9.17, 15) is 9.59 Å². The number of amides is 2. The van der Waals surface area contributed by atoms with E-state index in [1.165, 1.54) is 17.0 Å². The molecule has 0 aliphatic carbocycles. The second-order valence-corrected chi connectivity index (χ2v) is 7.76. The number of hydrogen-bond donors (Lipinski definition) is 0. The quantitative estimate of drug-likeness (QED) is 0.507. The van der Waals surface area contributed by atoms with Crippen molar-refractivity contribution in [2.24, 2.45) is 0 Å². The van der Waals surface area contributed by atoms with Gasteiger partial charge in [-0.2, -0.15) is 0 Å². The first-order valence-electron chi connectivity index (χ1n) is 9.18. The molecule has 2 amide bonds. The van der Waals surface area contributed by atoms with Crippen molar-refractivity contribution in [1.29, 1.82) is 0 Å². The van der Waals surface area contributed by atoms with E-state index in [1.54, 1.807) is 0 Å². The van der Waals surface area contributed by atoms with Gasteiger partial charge in [0.05, 0.1) is 27.8 Å². The Balaban J connectivity index is 1.60. The molecular formula is C23H18Cl2N2O2. The van der Waals surface area contributed by atoms with Gasteiger partial charge in [0.2, 0.25) is 0 Å². The summed E-state index contributed by atoms with van der Waals surface area (Å²) in [7, 11) is 0. The number of imide groups is 1. The molecule has 6 heteroatoms. The van der Waals surface area contributed by atoms with Crippen LogP contribution in [0.15, 0.2) is 72.8 Å². The van der Waals surface area contributed by atoms with Crippen LogP contribution < -0.4 is 0 Å². The summed E-state index contributed by atoms with van der Waals surface area (Å²) in [4.78, 5) is 29.1. The van der Waals surface area contributed by atoms with Crippen molar-refractivity contribution < 1.29 is 9.59 Å². The minimum atomic E-state index is -0.352. The number of carbonyl (C=O) groups is 2. The minimum absolute atomic E-state index is 0.172. The Labute approximate surface area is 179 Å². The molecule has 3 aromatic carbocycles. The highest BCUT2D eigenvalue weighted by atomic mass is 35.5. The molecule has 146 valence electrons. The van der Waals surface area contributed by atoms with Gasteiger partial charge in [0.25, 0.3) is 11.8 Å². The predicted molar refractivity (Wildman–Crippen MR) is 114 cm³/mol.